The maximum Gasteiger partial charge on any atom is 0.308 e. The van der Waals surface area contributed by atoms with Crippen LogP contribution in [0.15, 0.2) is 36.7 Å². The molecule has 0 atom stereocenters. The quantitative estimate of drug-likeness (QED) is 0.796. The molecular formula is C20H21NO3. The maximum atomic E-state index is 11.7. The van der Waals surface area contributed by atoms with Gasteiger partial charge in [-0.15, -0.1) is 0 Å². The Kier molecular flexibility index (Phi) is 4.65. The number of hydrogen-bond acceptors (Lipinski definition) is 4. The molecule has 124 valence electrons. The number of nitrogens with zero attached hydrogens (tertiary/aromatic N) is 1. The predicted molar refractivity (Wildman–Crippen MR) is 93.5 cm³/mol. The van der Waals surface area contributed by atoms with E-state index < -0.39 is 0 Å². The molecule has 0 spiro atoms. The van der Waals surface area contributed by atoms with Crippen LogP contribution in [0.4, 0.5) is 0 Å². The van der Waals surface area contributed by atoms with Crippen molar-refractivity contribution in [2.75, 3.05) is 7.11 Å². The summed E-state index contributed by atoms with van der Waals surface area (Å²) in [5, 5.41) is 0. The molecule has 3 rings (SSSR count). The van der Waals surface area contributed by atoms with Gasteiger partial charge in [-0.25, -0.2) is 0 Å². The zero-order valence-electron chi connectivity index (χ0n) is 14.3. The summed E-state index contributed by atoms with van der Waals surface area (Å²) in [5.74, 6) is 1.17. The first-order chi connectivity index (χ1) is 11.6. The molecule has 2 aromatic rings. The highest BCUT2D eigenvalue weighted by Crippen LogP contribution is 2.38. The summed E-state index contributed by atoms with van der Waals surface area (Å²) in [6, 6.07) is 7.91. The molecule has 4 nitrogen and oxygen atoms in total. The van der Waals surface area contributed by atoms with Crippen LogP contribution < -0.4 is 4.74 Å². The molecule has 0 radical (unpaired) electrons. The monoisotopic (exact) mass is 323 g/mol. The van der Waals surface area contributed by atoms with E-state index in [1.165, 1.54) is 6.92 Å². The molecule has 1 aromatic heterocycles. The minimum atomic E-state index is -0.308. The Morgan fingerprint density at radius 2 is 2.00 bits per heavy atom. The molecular weight excluding hydrogens is 302 g/mol. The second-order valence-electron chi connectivity index (χ2n) is 5.97. The minimum Gasteiger partial charge on any atom is -0.497 e. The van der Waals surface area contributed by atoms with Gasteiger partial charge in [0.15, 0.2) is 0 Å². The van der Waals surface area contributed by atoms with E-state index in [2.05, 4.69) is 4.98 Å². The number of aromatic nitrogens is 1. The van der Waals surface area contributed by atoms with Crippen LogP contribution in [-0.4, -0.2) is 18.1 Å². The molecule has 1 aliphatic rings. The van der Waals surface area contributed by atoms with Crippen LogP contribution in [0.1, 0.15) is 42.0 Å². The zero-order chi connectivity index (χ0) is 17.1. The molecule has 0 unspecified atom stereocenters. The van der Waals surface area contributed by atoms with Gasteiger partial charge >= 0.3 is 5.97 Å². The second kappa shape index (κ2) is 6.87. The first-order valence-corrected chi connectivity index (χ1v) is 8.10. The number of fused-ring (bicyclic) bond motifs is 1. The fraction of sp³-hybridized carbons (Fsp3) is 0.300. The molecule has 4 heteroatoms. The highest BCUT2D eigenvalue weighted by molar-refractivity contribution is 5.93. The van der Waals surface area contributed by atoms with Gasteiger partial charge in [-0.1, -0.05) is 0 Å². The van der Waals surface area contributed by atoms with Crippen LogP contribution >= 0.6 is 0 Å². The van der Waals surface area contributed by atoms with Crippen molar-refractivity contribution in [1.82, 2.24) is 4.98 Å². The molecule has 1 heterocycles. The fourth-order valence-corrected chi connectivity index (χ4v) is 3.19. The molecule has 0 fully saturated rings. The summed E-state index contributed by atoms with van der Waals surface area (Å²) in [4.78, 5) is 15.9. The van der Waals surface area contributed by atoms with Crippen molar-refractivity contribution in [3.63, 3.8) is 0 Å². The van der Waals surface area contributed by atoms with Crippen molar-refractivity contribution < 1.29 is 14.3 Å². The van der Waals surface area contributed by atoms with E-state index in [1.807, 2.05) is 37.4 Å². The number of allylic oxidation sites excluding steroid dienone is 1. The van der Waals surface area contributed by atoms with E-state index >= 15 is 0 Å². The molecule has 0 saturated heterocycles. The van der Waals surface area contributed by atoms with Gasteiger partial charge in [-0.3, -0.25) is 9.78 Å². The van der Waals surface area contributed by atoms with Gasteiger partial charge in [-0.05, 0) is 67.1 Å². The van der Waals surface area contributed by atoms with Gasteiger partial charge in [0.1, 0.15) is 11.5 Å². The summed E-state index contributed by atoms with van der Waals surface area (Å²) >= 11 is 0. The standard InChI is InChI=1S/C20H21NO3/c1-13-12-21-10-9-17(13)19-6-4-5-15-11-16(23-3)7-8-18(15)20(19)24-14(2)22/h7-12H,4-6H2,1-3H3. The number of esters is 1. The topological polar surface area (TPSA) is 48.4 Å². The number of aryl methyl sites for hydroxylation is 2. The normalized spacial score (nSPS) is 14.0. The number of methoxy groups -OCH3 is 1. The predicted octanol–water partition coefficient (Wildman–Crippen LogP) is 4.17. The SMILES string of the molecule is COc1ccc2c(c1)CCCC(c1ccncc1C)=C2OC(C)=O. The van der Waals surface area contributed by atoms with E-state index in [9.17, 15) is 4.79 Å². The lowest BCUT2D eigenvalue weighted by Gasteiger charge is -2.16. The third-order valence-electron chi connectivity index (χ3n) is 4.30. The highest BCUT2D eigenvalue weighted by atomic mass is 16.5. The lowest BCUT2D eigenvalue weighted by molar-refractivity contribution is -0.134. The third-order valence-corrected chi connectivity index (χ3v) is 4.30. The Balaban J connectivity index is 2.22. The van der Waals surface area contributed by atoms with Crippen LogP contribution in [0, 0.1) is 6.92 Å². The maximum absolute atomic E-state index is 11.7. The molecule has 0 aliphatic heterocycles. The van der Waals surface area contributed by atoms with Crippen LogP contribution in [-0.2, 0) is 16.0 Å². The zero-order valence-corrected chi connectivity index (χ0v) is 14.3. The van der Waals surface area contributed by atoms with Crippen molar-refractivity contribution in [2.24, 2.45) is 0 Å². The Morgan fingerprint density at radius 1 is 1.17 bits per heavy atom. The number of pyridine rings is 1. The number of benzene rings is 1. The molecule has 1 aliphatic carbocycles. The lowest BCUT2D eigenvalue weighted by Crippen LogP contribution is -2.03. The molecule has 0 saturated carbocycles. The number of carbonyl (C=O) groups is 1. The number of ether oxygens (including phenoxy) is 2. The highest BCUT2D eigenvalue weighted by Gasteiger charge is 2.22. The average molecular weight is 323 g/mol. The summed E-state index contributed by atoms with van der Waals surface area (Å²) in [6.45, 7) is 3.47. The largest absolute Gasteiger partial charge is 0.497 e. The Labute approximate surface area is 142 Å². The number of carbonyl (C=O) groups excluding carboxylic acids is 1. The lowest BCUT2D eigenvalue weighted by atomic mass is 9.96. The number of rotatable bonds is 3. The van der Waals surface area contributed by atoms with Gasteiger partial charge < -0.3 is 9.47 Å². The van der Waals surface area contributed by atoms with Gasteiger partial charge in [0.05, 0.1) is 7.11 Å². The summed E-state index contributed by atoms with van der Waals surface area (Å²) in [6.07, 6.45) is 6.38. The summed E-state index contributed by atoms with van der Waals surface area (Å²) in [7, 11) is 1.66. The molecule has 0 N–H and O–H groups in total. The van der Waals surface area contributed by atoms with E-state index in [0.29, 0.717) is 5.76 Å². The first kappa shape index (κ1) is 16.2. The second-order valence-corrected chi connectivity index (χ2v) is 5.97. The average Bonchev–Trinajstić information content (AvgIpc) is 2.74. The van der Waals surface area contributed by atoms with Crippen molar-refractivity contribution >= 4 is 17.3 Å². The third kappa shape index (κ3) is 3.18. The van der Waals surface area contributed by atoms with Crippen molar-refractivity contribution in [2.45, 2.75) is 33.1 Å². The van der Waals surface area contributed by atoms with Crippen LogP contribution in [0.25, 0.3) is 11.3 Å². The Hall–Kier alpha value is -2.62. The van der Waals surface area contributed by atoms with Crippen LogP contribution in [0.3, 0.4) is 0 Å². The van der Waals surface area contributed by atoms with E-state index in [1.54, 1.807) is 13.3 Å². The van der Waals surface area contributed by atoms with E-state index in [-0.39, 0.29) is 5.97 Å². The Morgan fingerprint density at radius 3 is 2.71 bits per heavy atom. The van der Waals surface area contributed by atoms with Crippen molar-refractivity contribution in [1.29, 1.82) is 0 Å². The smallest absolute Gasteiger partial charge is 0.308 e. The molecule has 0 amide bonds. The van der Waals surface area contributed by atoms with Crippen LogP contribution in [0.5, 0.6) is 5.75 Å². The van der Waals surface area contributed by atoms with Crippen molar-refractivity contribution in [3.8, 4) is 5.75 Å². The molecule has 1 aromatic carbocycles. The van der Waals surface area contributed by atoms with Gasteiger partial charge in [0.25, 0.3) is 0 Å². The molecule has 0 bridgehead atoms. The fourth-order valence-electron chi connectivity index (χ4n) is 3.19. The van der Waals surface area contributed by atoms with E-state index in [0.717, 1.165) is 52.8 Å². The minimum absolute atomic E-state index is 0.308. The first-order valence-electron chi connectivity index (χ1n) is 8.10. The molecule has 24 heavy (non-hydrogen) atoms. The van der Waals surface area contributed by atoms with Crippen molar-refractivity contribution in [3.05, 3.63) is 58.9 Å². The van der Waals surface area contributed by atoms with E-state index in [4.69, 9.17) is 9.47 Å². The number of hydrogen-bond donors (Lipinski definition) is 0. The van der Waals surface area contributed by atoms with Gasteiger partial charge in [0, 0.05) is 30.5 Å². The van der Waals surface area contributed by atoms with Crippen LogP contribution in [0.2, 0.25) is 0 Å². The summed E-state index contributed by atoms with van der Waals surface area (Å²) in [5.41, 5.74) is 5.34. The summed E-state index contributed by atoms with van der Waals surface area (Å²) < 4.78 is 11.0. The Bertz CT molecular complexity index is 808. The van der Waals surface area contributed by atoms with Gasteiger partial charge in [0.2, 0.25) is 0 Å². The van der Waals surface area contributed by atoms with Gasteiger partial charge in [-0.2, -0.15) is 0 Å².